The number of rotatable bonds is 6. The average molecular weight is 565 g/mol. The van der Waals surface area contributed by atoms with E-state index >= 15 is 0 Å². The Morgan fingerprint density at radius 2 is 1.79 bits per heavy atom. The Morgan fingerprint density at radius 1 is 1.00 bits per heavy atom. The maximum atomic E-state index is 12.6. The van der Waals surface area contributed by atoms with Gasteiger partial charge in [0.15, 0.2) is 0 Å². The Kier molecular flexibility index (Phi) is 7.95. The number of hydrogen-bond acceptors (Lipinski definition) is 8. The molecule has 1 aromatic heterocycles. The maximum Gasteiger partial charge on any atom is 0.250 e. The predicted molar refractivity (Wildman–Crippen MR) is 160 cm³/mol. The summed E-state index contributed by atoms with van der Waals surface area (Å²) in [4.78, 5) is 25.3. The molecule has 9 heteroatoms. The van der Waals surface area contributed by atoms with Crippen LogP contribution in [0.15, 0.2) is 72.9 Å². The van der Waals surface area contributed by atoms with E-state index < -0.39 is 0 Å². The van der Waals surface area contributed by atoms with Crippen LogP contribution in [0.2, 0.25) is 0 Å². The molecule has 0 amide bonds. The molecule has 3 unspecified atom stereocenters. The summed E-state index contributed by atoms with van der Waals surface area (Å²) >= 11 is 3.58. The highest BCUT2D eigenvalue weighted by molar-refractivity contribution is 8.05. The van der Waals surface area contributed by atoms with Crippen LogP contribution >= 0.6 is 23.5 Å². The first kappa shape index (κ1) is 26.8. The van der Waals surface area contributed by atoms with Gasteiger partial charge in [-0.1, -0.05) is 35.7 Å². The molecule has 0 bridgehead atoms. The zero-order chi connectivity index (χ0) is 26.9. The van der Waals surface area contributed by atoms with Gasteiger partial charge in [-0.05, 0) is 51.1 Å². The zero-order valence-electron chi connectivity index (χ0n) is 22.7. The Bertz CT molecular complexity index is 1380. The van der Waals surface area contributed by atoms with Crippen LogP contribution in [0.3, 0.4) is 0 Å². The highest BCUT2D eigenvalue weighted by Crippen LogP contribution is 2.52. The molecule has 3 aliphatic rings. The quantitative estimate of drug-likeness (QED) is 0.323. The van der Waals surface area contributed by atoms with Crippen LogP contribution in [0.5, 0.6) is 0 Å². The van der Waals surface area contributed by atoms with E-state index in [-0.39, 0.29) is 17.8 Å². The normalized spacial score (nSPS) is 22.2. The molecule has 0 spiro atoms. The third-order valence-electron chi connectivity index (χ3n) is 7.29. The Morgan fingerprint density at radius 3 is 2.59 bits per heavy atom. The molecule has 2 aromatic carbocycles. The molecule has 7 nitrogen and oxygen atoms in total. The topological polar surface area (TPSA) is 69.8 Å². The number of aromatic nitrogens is 1. The number of hydrogen-bond donors (Lipinski definition) is 2. The molecule has 0 aliphatic carbocycles. The first-order valence-corrected chi connectivity index (χ1v) is 15.4. The first-order chi connectivity index (χ1) is 18.9. The van der Waals surface area contributed by atoms with Crippen molar-refractivity contribution in [1.29, 1.82) is 0 Å². The molecule has 206 valence electrons. The monoisotopic (exact) mass is 564 g/mol. The molecule has 0 radical (unpaired) electrons. The van der Waals surface area contributed by atoms with Crippen molar-refractivity contribution in [3.05, 3.63) is 58.9 Å². The fourth-order valence-corrected chi connectivity index (χ4v) is 8.15. The molecule has 4 heterocycles. The summed E-state index contributed by atoms with van der Waals surface area (Å²) in [6.07, 6.45) is 0.561. The lowest BCUT2D eigenvalue weighted by Crippen LogP contribution is -2.48. The zero-order valence-corrected chi connectivity index (χ0v) is 24.4. The van der Waals surface area contributed by atoms with Crippen LogP contribution in [-0.4, -0.2) is 74.1 Å². The van der Waals surface area contributed by atoms with Crippen LogP contribution in [0.1, 0.15) is 20.8 Å². The van der Waals surface area contributed by atoms with Gasteiger partial charge in [0.1, 0.15) is 0 Å². The van der Waals surface area contributed by atoms with E-state index in [1.807, 2.05) is 0 Å². The third-order valence-corrected chi connectivity index (χ3v) is 9.89. The summed E-state index contributed by atoms with van der Waals surface area (Å²) in [5, 5.41) is 3.72. The number of ether oxygens (including phenoxy) is 2. The maximum absolute atomic E-state index is 12.6. The lowest BCUT2D eigenvalue weighted by atomic mass is 10.1. The SMILES string of the molecule is CC(CN1CC(C)OC(C)C1)Nc1ccc2c(c1)Sc1cccc(-c3cc(N4CCOCC4)cc(=O)[nH]3)c1S2. The molecule has 3 aromatic rings. The van der Waals surface area contributed by atoms with Crippen molar-refractivity contribution in [2.24, 2.45) is 0 Å². The summed E-state index contributed by atoms with van der Waals surface area (Å²) in [6, 6.07) is 17.2. The van der Waals surface area contributed by atoms with Crippen molar-refractivity contribution < 1.29 is 9.47 Å². The van der Waals surface area contributed by atoms with Gasteiger partial charge in [-0.25, -0.2) is 0 Å². The lowest BCUT2D eigenvalue weighted by molar-refractivity contribution is -0.0683. The van der Waals surface area contributed by atoms with Gasteiger partial charge >= 0.3 is 0 Å². The van der Waals surface area contributed by atoms with Crippen molar-refractivity contribution in [2.75, 3.05) is 56.2 Å². The average Bonchev–Trinajstić information content (AvgIpc) is 2.91. The molecular formula is C30H36N4O3S2. The number of anilines is 2. The minimum atomic E-state index is -0.0775. The Labute approximate surface area is 238 Å². The number of fused-ring (bicyclic) bond motifs is 2. The van der Waals surface area contributed by atoms with Crippen LogP contribution < -0.4 is 15.8 Å². The van der Waals surface area contributed by atoms with Crippen molar-refractivity contribution in [1.82, 2.24) is 9.88 Å². The largest absolute Gasteiger partial charge is 0.381 e. The van der Waals surface area contributed by atoms with E-state index in [9.17, 15) is 4.79 Å². The summed E-state index contributed by atoms with van der Waals surface area (Å²) in [6.45, 7) is 12.5. The Hall–Kier alpha value is -2.43. The van der Waals surface area contributed by atoms with E-state index in [4.69, 9.17) is 9.47 Å². The van der Waals surface area contributed by atoms with Crippen LogP contribution in [-0.2, 0) is 9.47 Å². The van der Waals surface area contributed by atoms with Crippen LogP contribution in [0.4, 0.5) is 11.4 Å². The molecule has 3 aliphatic heterocycles. The van der Waals surface area contributed by atoms with Crippen molar-refractivity contribution in [3.63, 3.8) is 0 Å². The predicted octanol–water partition coefficient (Wildman–Crippen LogP) is 5.40. The number of benzene rings is 2. The second-order valence-electron chi connectivity index (χ2n) is 10.7. The fraction of sp³-hybridized carbons (Fsp3) is 0.433. The van der Waals surface area contributed by atoms with Crippen molar-refractivity contribution in [2.45, 2.75) is 58.6 Å². The van der Waals surface area contributed by atoms with Gasteiger partial charge in [-0.3, -0.25) is 9.69 Å². The number of aromatic amines is 1. The minimum Gasteiger partial charge on any atom is -0.381 e. The van der Waals surface area contributed by atoms with Gasteiger partial charge in [-0.15, -0.1) is 0 Å². The molecule has 2 N–H and O–H groups in total. The molecular weight excluding hydrogens is 528 g/mol. The molecule has 2 fully saturated rings. The van der Waals surface area contributed by atoms with Crippen molar-refractivity contribution >= 4 is 34.9 Å². The number of nitrogens with one attached hydrogen (secondary N) is 2. The van der Waals surface area contributed by atoms with Crippen LogP contribution in [0, 0.1) is 0 Å². The summed E-state index contributed by atoms with van der Waals surface area (Å²) < 4.78 is 11.4. The number of nitrogens with zero attached hydrogens (tertiary/aromatic N) is 2. The number of H-pyrrole nitrogens is 1. The lowest BCUT2D eigenvalue weighted by Gasteiger charge is -2.36. The molecule has 0 saturated carbocycles. The van der Waals surface area contributed by atoms with Gasteiger partial charge in [0, 0.05) is 81.4 Å². The smallest absolute Gasteiger partial charge is 0.250 e. The Balaban J connectivity index is 1.19. The van der Waals surface area contributed by atoms with Gasteiger partial charge in [0.05, 0.1) is 31.1 Å². The van der Waals surface area contributed by atoms with Gasteiger partial charge in [0.2, 0.25) is 5.56 Å². The van der Waals surface area contributed by atoms with E-state index in [1.165, 1.54) is 19.6 Å². The standard InChI is InChI=1S/C30H36N4O3S2/c1-19(16-33-17-20(2)37-21(3)18-33)31-22-7-8-26-28(13-22)38-27-6-4-5-24(30(27)39-26)25-14-23(15-29(35)32-25)34-9-11-36-12-10-34/h4-8,13-15,19-21,31H,9-12,16-18H2,1-3H3,(H,32,35). The van der Waals surface area contributed by atoms with E-state index in [0.717, 1.165) is 55.4 Å². The molecule has 6 rings (SSSR count). The second kappa shape index (κ2) is 11.6. The summed E-state index contributed by atoms with van der Waals surface area (Å²) in [5.74, 6) is 0. The second-order valence-corrected chi connectivity index (χ2v) is 12.9. The number of morpholine rings is 2. The first-order valence-electron chi connectivity index (χ1n) is 13.8. The van der Waals surface area contributed by atoms with E-state index in [1.54, 1.807) is 29.6 Å². The molecule has 39 heavy (non-hydrogen) atoms. The fourth-order valence-electron chi connectivity index (χ4n) is 5.73. The number of pyridine rings is 1. The molecule has 3 atom stereocenters. The third kappa shape index (κ3) is 6.18. The van der Waals surface area contributed by atoms with Crippen molar-refractivity contribution in [3.8, 4) is 11.3 Å². The highest BCUT2D eigenvalue weighted by atomic mass is 32.2. The van der Waals surface area contributed by atoms with Gasteiger partial charge in [-0.2, -0.15) is 0 Å². The molecule has 2 saturated heterocycles. The summed E-state index contributed by atoms with van der Waals surface area (Å²) in [5.41, 5.74) is 3.94. The van der Waals surface area contributed by atoms with E-state index in [2.05, 4.69) is 83.3 Å². The highest BCUT2D eigenvalue weighted by Gasteiger charge is 2.25. The minimum absolute atomic E-state index is 0.0775. The van der Waals surface area contributed by atoms with E-state index in [0.29, 0.717) is 19.3 Å². The van der Waals surface area contributed by atoms with Gasteiger partial charge in [0.25, 0.3) is 0 Å². The summed E-state index contributed by atoms with van der Waals surface area (Å²) in [7, 11) is 0. The van der Waals surface area contributed by atoms with Gasteiger partial charge < -0.3 is 24.7 Å². The van der Waals surface area contributed by atoms with Crippen LogP contribution in [0.25, 0.3) is 11.3 Å².